The van der Waals surface area contributed by atoms with Gasteiger partial charge in [-0.3, -0.25) is 9.36 Å². The third-order valence-corrected chi connectivity index (χ3v) is 13.1. The first-order chi connectivity index (χ1) is 35.0. The summed E-state index contributed by atoms with van der Waals surface area (Å²) in [6.07, 6.45) is 78.6. The van der Waals surface area contributed by atoms with Gasteiger partial charge in [0.05, 0.1) is 39.9 Å². The Bertz CT molecular complexity index is 1580. The molecule has 0 aromatic heterocycles. The number of quaternary nitrogens is 1. The lowest BCUT2D eigenvalue weighted by molar-refractivity contribution is -0.870. The number of nitrogens with zero attached hydrogens (tertiary/aromatic N) is 1. The van der Waals surface area contributed by atoms with Crippen molar-refractivity contribution in [3.05, 3.63) is 122 Å². The summed E-state index contributed by atoms with van der Waals surface area (Å²) in [5.41, 5.74) is 0. The highest BCUT2D eigenvalue weighted by atomic mass is 31.2. The standard InChI is InChI=1S/C63H109N2O6P/c1-6-8-10-12-14-16-18-20-21-22-23-24-25-26-27-28-29-30-31-32-33-34-35-36-37-38-39-40-41-42-43-45-47-49-51-53-55-57-63(67)64-61(60-71-72(68,69)70-59-58-65(3,4)5)62(66)56-54-52-50-48-46-44-19-17-15-13-11-9-7-2/h8,10,14-17,20-21,23-24,26-27,29-30,32-33,46,48,54,56,61-62,66H,6-7,9,11-13,18-19,22,25,28,31,34-45,47,49-53,55,57-60H2,1-5H3,(H-,64,67,68,69)/b10-8-,16-14-,17-15+,21-20-,24-23-,27-26-,30-29-,33-32-,48-46+,56-54+. The number of phosphoric ester groups is 1. The predicted molar refractivity (Wildman–Crippen MR) is 311 cm³/mol. The Morgan fingerprint density at radius 2 is 0.861 bits per heavy atom. The molecule has 0 spiro atoms. The van der Waals surface area contributed by atoms with Crippen LogP contribution in [0.2, 0.25) is 0 Å². The zero-order valence-corrected chi connectivity index (χ0v) is 47.7. The fourth-order valence-electron chi connectivity index (χ4n) is 7.63. The maximum atomic E-state index is 12.9. The molecule has 412 valence electrons. The van der Waals surface area contributed by atoms with Crippen molar-refractivity contribution >= 4 is 13.7 Å². The predicted octanol–water partition coefficient (Wildman–Crippen LogP) is 17.1. The van der Waals surface area contributed by atoms with Gasteiger partial charge in [0.1, 0.15) is 13.2 Å². The first-order valence-corrected chi connectivity index (χ1v) is 30.4. The van der Waals surface area contributed by atoms with E-state index in [-0.39, 0.29) is 12.5 Å². The fraction of sp³-hybridized carbons (Fsp3) is 0.667. The molecule has 0 radical (unpaired) electrons. The number of allylic oxidation sites excluding steroid dienone is 19. The van der Waals surface area contributed by atoms with Crippen LogP contribution in [-0.2, 0) is 18.4 Å². The number of aliphatic hydroxyl groups excluding tert-OH is 1. The van der Waals surface area contributed by atoms with Crippen LogP contribution in [0.5, 0.6) is 0 Å². The van der Waals surface area contributed by atoms with Crippen molar-refractivity contribution in [2.45, 2.75) is 231 Å². The molecular weight excluding hydrogens is 912 g/mol. The van der Waals surface area contributed by atoms with E-state index in [1.807, 2.05) is 27.2 Å². The van der Waals surface area contributed by atoms with Gasteiger partial charge in [0, 0.05) is 6.42 Å². The molecule has 8 nitrogen and oxygen atoms in total. The maximum Gasteiger partial charge on any atom is 0.268 e. The molecular formula is C63H109N2O6P. The second kappa shape index (κ2) is 52.8. The van der Waals surface area contributed by atoms with E-state index in [0.717, 1.165) is 96.3 Å². The lowest BCUT2D eigenvalue weighted by Crippen LogP contribution is -2.45. The first-order valence-electron chi connectivity index (χ1n) is 28.9. The molecule has 0 bridgehead atoms. The topological polar surface area (TPSA) is 108 Å². The van der Waals surface area contributed by atoms with Gasteiger partial charge in [0.2, 0.25) is 5.91 Å². The van der Waals surface area contributed by atoms with Gasteiger partial charge in [-0.1, -0.05) is 232 Å². The van der Waals surface area contributed by atoms with Gasteiger partial charge >= 0.3 is 0 Å². The highest BCUT2D eigenvalue weighted by Gasteiger charge is 2.23. The van der Waals surface area contributed by atoms with Gasteiger partial charge in [-0.05, 0) is 103 Å². The number of carbonyl (C=O) groups is 1. The lowest BCUT2D eigenvalue weighted by Gasteiger charge is -2.29. The van der Waals surface area contributed by atoms with E-state index in [1.54, 1.807) is 6.08 Å². The number of unbranched alkanes of at least 4 members (excludes halogenated alkanes) is 20. The zero-order valence-electron chi connectivity index (χ0n) is 46.8. The number of nitrogens with one attached hydrogen (secondary N) is 1. The summed E-state index contributed by atoms with van der Waals surface area (Å²) in [7, 11) is 1.22. The van der Waals surface area contributed by atoms with E-state index in [1.165, 1.54) is 103 Å². The summed E-state index contributed by atoms with van der Waals surface area (Å²) < 4.78 is 23.3. The largest absolute Gasteiger partial charge is 0.756 e. The smallest absolute Gasteiger partial charge is 0.268 e. The normalized spacial score (nSPS) is 14.8. The summed E-state index contributed by atoms with van der Waals surface area (Å²) in [6.45, 7) is 4.45. The number of amides is 1. The molecule has 0 saturated heterocycles. The molecule has 3 atom stereocenters. The molecule has 0 aromatic carbocycles. The zero-order chi connectivity index (χ0) is 52.7. The average Bonchev–Trinajstić information content (AvgIpc) is 3.34. The Morgan fingerprint density at radius 3 is 1.29 bits per heavy atom. The van der Waals surface area contributed by atoms with Gasteiger partial charge in [0.15, 0.2) is 0 Å². The molecule has 0 fully saturated rings. The molecule has 9 heteroatoms. The Labute approximate surface area is 444 Å². The van der Waals surface area contributed by atoms with Crippen LogP contribution in [0.3, 0.4) is 0 Å². The minimum Gasteiger partial charge on any atom is -0.756 e. The number of aliphatic hydroxyl groups is 1. The Morgan fingerprint density at radius 1 is 0.500 bits per heavy atom. The van der Waals surface area contributed by atoms with Crippen molar-refractivity contribution in [3.8, 4) is 0 Å². The highest BCUT2D eigenvalue weighted by Crippen LogP contribution is 2.38. The second-order valence-corrected chi connectivity index (χ2v) is 21.7. The number of likely N-dealkylation sites (N-methyl/N-ethyl adjacent to an activating group) is 1. The molecule has 1 amide bonds. The van der Waals surface area contributed by atoms with E-state index < -0.39 is 26.6 Å². The van der Waals surface area contributed by atoms with Crippen LogP contribution in [0.25, 0.3) is 0 Å². The SMILES string of the molecule is CC/C=C\C/C=C\C/C=C\C/C=C\C/C=C\C/C=C\C/C=C\CCCCCCCCCCCCCCCCCC(=O)NC(COP(=O)([O-])OCC[N+](C)(C)C)C(O)/C=C/CC/C=C/CC/C=C/CCCCC. The van der Waals surface area contributed by atoms with Gasteiger partial charge < -0.3 is 28.8 Å². The van der Waals surface area contributed by atoms with E-state index in [2.05, 4.69) is 129 Å². The monoisotopic (exact) mass is 1020 g/mol. The lowest BCUT2D eigenvalue weighted by atomic mass is 10.0. The molecule has 0 aliphatic heterocycles. The van der Waals surface area contributed by atoms with Crippen LogP contribution in [0, 0.1) is 0 Å². The van der Waals surface area contributed by atoms with E-state index in [0.29, 0.717) is 17.4 Å². The van der Waals surface area contributed by atoms with Crippen molar-refractivity contribution in [1.82, 2.24) is 5.32 Å². The van der Waals surface area contributed by atoms with Crippen molar-refractivity contribution in [2.75, 3.05) is 40.9 Å². The minimum atomic E-state index is -4.61. The van der Waals surface area contributed by atoms with Crippen LogP contribution in [0.15, 0.2) is 122 Å². The van der Waals surface area contributed by atoms with E-state index in [9.17, 15) is 19.4 Å². The van der Waals surface area contributed by atoms with Crippen molar-refractivity contribution < 1.29 is 32.9 Å². The maximum absolute atomic E-state index is 12.9. The summed E-state index contributed by atoms with van der Waals surface area (Å²) in [5.74, 6) is -0.217. The fourth-order valence-corrected chi connectivity index (χ4v) is 8.36. The molecule has 2 N–H and O–H groups in total. The van der Waals surface area contributed by atoms with Gasteiger partial charge in [-0.2, -0.15) is 0 Å². The molecule has 72 heavy (non-hydrogen) atoms. The molecule has 3 unspecified atom stereocenters. The Hall–Kier alpha value is -3.10. The van der Waals surface area contributed by atoms with Crippen LogP contribution >= 0.6 is 7.82 Å². The van der Waals surface area contributed by atoms with Crippen LogP contribution in [0.4, 0.5) is 0 Å². The molecule has 0 aliphatic carbocycles. The number of phosphoric acid groups is 1. The van der Waals surface area contributed by atoms with Crippen molar-refractivity contribution in [1.29, 1.82) is 0 Å². The minimum absolute atomic E-state index is 0.0137. The van der Waals surface area contributed by atoms with Crippen LogP contribution < -0.4 is 10.2 Å². The van der Waals surface area contributed by atoms with Crippen LogP contribution in [0.1, 0.15) is 219 Å². The molecule has 0 saturated carbocycles. The average molecular weight is 1020 g/mol. The summed E-state index contributed by atoms with van der Waals surface area (Å²) in [6, 6.07) is -0.915. The van der Waals surface area contributed by atoms with Gasteiger partial charge in [0.25, 0.3) is 7.82 Å². The summed E-state index contributed by atoms with van der Waals surface area (Å²) in [5, 5.41) is 13.8. The van der Waals surface area contributed by atoms with Crippen molar-refractivity contribution in [2.24, 2.45) is 0 Å². The molecule has 0 heterocycles. The quantitative estimate of drug-likeness (QED) is 0.0272. The first kappa shape index (κ1) is 68.9. The summed E-state index contributed by atoms with van der Waals surface area (Å²) in [4.78, 5) is 25.4. The molecule has 0 aromatic rings. The van der Waals surface area contributed by atoms with Crippen molar-refractivity contribution in [3.63, 3.8) is 0 Å². The van der Waals surface area contributed by atoms with Crippen LogP contribution in [-0.4, -0.2) is 68.5 Å². The molecule has 0 aliphatic rings. The number of hydrogen-bond donors (Lipinski definition) is 2. The Balaban J connectivity index is 4.07. The van der Waals surface area contributed by atoms with Gasteiger partial charge in [-0.25, -0.2) is 0 Å². The second-order valence-electron chi connectivity index (χ2n) is 20.2. The molecule has 0 rings (SSSR count). The Kier molecular flexibility index (Phi) is 50.5. The number of hydrogen-bond acceptors (Lipinski definition) is 6. The third-order valence-electron chi connectivity index (χ3n) is 12.1. The van der Waals surface area contributed by atoms with E-state index in [4.69, 9.17) is 9.05 Å². The number of carbonyl (C=O) groups excluding carboxylic acids is 1. The highest BCUT2D eigenvalue weighted by molar-refractivity contribution is 7.45. The third kappa shape index (κ3) is 54.7. The number of rotatable bonds is 51. The summed E-state index contributed by atoms with van der Waals surface area (Å²) >= 11 is 0. The van der Waals surface area contributed by atoms with E-state index >= 15 is 0 Å². The van der Waals surface area contributed by atoms with Gasteiger partial charge in [-0.15, -0.1) is 0 Å².